The quantitative estimate of drug-likeness (QED) is 0.570. The van der Waals surface area contributed by atoms with Gasteiger partial charge in [0.25, 0.3) is 0 Å². The van der Waals surface area contributed by atoms with Crippen molar-refractivity contribution in [1.82, 2.24) is 0 Å². The van der Waals surface area contributed by atoms with Gasteiger partial charge in [-0.25, -0.2) is 0 Å². The number of nitrogens with two attached hydrogens (primary N) is 1. The summed E-state index contributed by atoms with van der Waals surface area (Å²) in [6.07, 6.45) is -4.58. The third kappa shape index (κ3) is 2.34. The lowest BCUT2D eigenvalue weighted by Crippen LogP contribution is -2.31. The van der Waals surface area contributed by atoms with Crippen LogP contribution in [0.25, 0.3) is 0 Å². The first-order valence-electron chi connectivity index (χ1n) is 2.06. The molecule has 0 bridgehead atoms. The fourth-order valence-electron chi connectivity index (χ4n) is 0.140. The van der Waals surface area contributed by atoms with Crippen LogP contribution < -0.4 is 5.73 Å². The van der Waals surface area contributed by atoms with Crippen molar-refractivity contribution in [2.45, 2.75) is 13.1 Å². The minimum Gasteiger partial charge on any atom is -0.369 e. The van der Waals surface area contributed by atoms with Crippen molar-refractivity contribution in [3.05, 3.63) is 5.92 Å². The molecule has 53 valence electrons. The minimum absolute atomic E-state index is 0.641. The van der Waals surface area contributed by atoms with Gasteiger partial charge in [-0.1, -0.05) is 0 Å². The molecule has 0 saturated carbocycles. The summed E-state index contributed by atoms with van der Waals surface area (Å²) in [5.41, 5.74) is 4.33. The zero-order valence-electron chi connectivity index (χ0n) is 4.62. The molecular formula is C4H5F3NO. The monoisotopic (exact) mass is 140 g/mol. The maximum absolute atomic E-state index is 11.4. The first-order chi connectivity index (χ1) is 3.85. The summed E-state index contributed by atoms with van der Waals surface area (Å²) in [6.45, 7) is 0.641. The molecule has 0 aliphatic rings. The first kappa shape index (κ1) is 8.26. The van der Waals surface area contributed by atoms with Gasteiger partial charge < -0.3 is 5.73 Å². The van der Waals surface area contributed by atoms with Crippen LogP contribution in [0.15, 0.2) is 0 Å². The lowest BCUT2D eigenvalue weighted by Gasteiger charge is -2.09. The average molecular weight is 140 g/mol. The van der Waals surface area contributed by atoms with Crippen LogP contribution in [-0.2, 0) is 4.79 Å². The molecule has 1 amide bonds. The maximum atomic E-state index is 11.4. The third-order valence-corrected chi connectivity index (χ3v) is 0.795. The first-order valence-corrected chi connectivity index (χ1v) is 2.06. The molecule has 0 aromatic heterocycles. The number of alkyl halides is 3. The van der Waals surface area contributed by atoms with Crippen LogP contribution in [0.4, 0.5) is 13.2 Å². The number of rotatable bonds is 1. The van der Waals surface area contributed by atoms with Gasteiger partial charge in [-0.3, -0.25) is 4.79 Å². The number of hydrogen-bond donors (Lipinski definition) is 1. The van der Waals surface area contributed by atoms with Crippen molar-refractivity contribution in [2.24, 2.45) is 5.73 Å². The van der Waals surface area contributed by atoms with Gasteiger partial charge in [-0.05, 0) is 6.92 Å². The van der Waals surface area contributed by atoms with Crippen molar-refractivity contribution < 1.29 is 18.0 Å². The standard InChI is InChI=1S/C4H5F3NO/c1-2(3(8)9)4(5,6)7/h1H3,(H2,8,9). The predicted molar refractivity (Wildman–Crippen MR) is 24.2 cm³/mol. The van der Waals surface area contributed by atoms with E-state index in [0.717, 1.165) is 0 Å². The van der Waals surface area contributed by atoms with Crippen molar-refractivity contribution in [3.63, 3.8) is 0 Å². The Bertz CT molecular complexity index is 119. The summed E-state index contributed by atoms with van der Waals surface area (Å²) in [6, 6.07) is 0. The molecule has 0 atom stereocenters. The number of amides is 1. The van der Waals surface area contributed by atoms with Gasteiger partial charge in [0.1, 0.15) is 0 Å². The molecule has 0 aromatic carbocycles. The predicted octanol–water partition coefficient (Wildman–Crippen LogP) is 0.628. The molecule has 0 fully saturated rings. The molecule has 9 heavy (non-hydrogen) atoms. The lowest BCUT2D eigenvalue weighted by atomic mass is 10.2. The average Bonchev–Trinajstić information content (AvgIpc) is 1.62. The SMILES string of the molecule is C[C](C(N)=O)C(F)(F)F. The third-order valence-electron chi connectivity index (χ3n) is 0.795. The second-order valence-electron chi connectivity index (χ2n) is 1.49. The second kappa shape index (κ2) is 2.24. The number of primary amides is 1. The molecule has 5 heteroatoms. The van der Waals surface area contributed by atoms with E-state index in [1.807, 2.05) is 0 Å². The Morgan fingerprint density at radius 2 is 1.78 bits per heavy atom. The molecule has 0 unspecified atom stereocenters. The van der Waals surface area contributed by atoms with Gasteiger partial charge in [-0.15, -0.1) is 0 Å². The Morgan fingerprint density at radius 1 is 1.44 bits per heavy atom. The Balaban J connectivity index is 4.04. The largest absolute Gasteiger partial charge is 0.404 e. The lowest BCUT2D eigenvalue weighted by molar-refractivity contribution is -0.138. The second-order valence-corrected chi connectivity index (χ2v) is 1.49. The molecule has 0 aliphatic carbocycles. The van der Waals surface area contributed by atoms with Crippen LogP contribution in [0.5, 0.6) is 0 Å². The van der Waals surface area contributed by atoms with E-state index < -0.39 is 18.0 Å². The summed E-state index contributed by atoms with van der Waals surface area (Å²) in [5.74, 6) is -2.70. The van der Waals surface area contributed by atoms with E-state index in [1.54, 1.807) is 0 Å². The van der Waals surface area contributed by atoms with Gasteiger partial charge in [0.05, 0.1) is 0 Å². The Labute approximate surface area is 49.8 Å². The minimum atomic E-state index is -4.58. The van der Waals surface area contributed by atoms with Crippen molar-refractivity contribution >= 4 is 5.91 Å². The highest BCUT2D eigenvalue weighted by molar-refractivity contribution is 5.88. The highest BCUT2D eigenvalue weighted by Crippen LogP contribution is 2.26. The van der Waals surface area contributed by atoms with Crippen LogP contribution in [0, 0.1) is 5.92 Å². The van der Waals surface area contributed by atoms with Gasteiger partial charge in [0.2, 0.25) is 5.91 Å². The molecular weight excluding hydrogens is 135 g/mol. The maximum Gasteiger partial charge on any atom is 0.404 e. The van der Waals surface area contributed by atoms with Crippen LogP contribution in [0.1, 0.15) is 6.92 Å². The molecule has 0 spiro atoms. The zero-order chi connectivity index (χ0) is 7.65. The van der Waals surface area contributed by atoms with E-state index in [4.69, 9.17) is 0 Å². The normalized spacial score (nSPS) is 12.1. The van der Waals surface area contributed by atoms with Gasteiger partial charge in [-0.2, -0.15) is 13.2 Å². The van der Waals surface area contributed by atoms with Crippen LogP contribution in [-0.4, -0.2) is 12.1 Å². The summed E-state index contributed by atoms with van der Waals surface area (Å²) in [5, 5.41) is 0. The van der Waals surface area contributed by atoms with Gasteiger partial charge in [0.15, 0.2) is 5.92 Å². The Hall–Kier alpha value is -0.740. The number of halogens is 3. The van der Waals surface area contributed by atoms with E-state index in [1.165, 1.54) is 0 Å². The van der Waals surface area contributed by atoms with Gasteiger partial charge in [0, 0.05) is 0 Å². The van der Waals surface area contributed by atoms with Crippen molar-refractivity contribution in [2.75, 3.05) is 0 Å². The fourth-order valence-corrected chi connectivity index (χ4v) is 0.140. The van der Waals surface area contributed by atoms with E-state index in [2.05, 4.69) is 5.73 Å². The summed E-state index contributed by atoms with van der Waals surface area (Å²) in [7, 11) is 0. The fraction of sp³-hybridized carbons (Fsp3) is 0.500. The summed E-state index contributed by atoms with van der Waals surface area (Å²) in [4.78, 5) is 9.81. The van der Waals surface area contributed by atoms with Crippen molar-refractivity contribution in [1.29, 1.82) is 0 Å². The topological polar surface area (TPSA) is 43.1 Å². The van der Waals surface area contributed by atoms with E-state index >= 15 is 0 Å². The molecule has 0 aromatic rings. The summed E-state index contributed by atoms with van der Waals surface area (Å²) < 4.78 is 34.1. The van der Waals surface area contributed by atoms with E-state index in [9.17, 15) is 18.0 Å². The van der Waals surface area contributed by atoms with Gasteiger partial charge >= 0.3 is 6.18 Å². The molecule has 0 aliphatic heterocycles. The molecule has 0 heterocycles. The highest BCUT2D eigenvalue weighted by atomic mass is 19.4. The molecule has 2 N–H and O–H groups in total. The van der Waals surface area contributed by atoms with Crippen LogP contribution >= 0.6 is 0 Å². The molecule has 2 nitrogen and oxygen atoms in total. The van der Waals surface area contributed by atoms with E-state index in [0.29, 0.717) is 6.92 Å². The molecule has 1 radical (unpaired) electrons. The number of hydrogen-bond acceptors (Lipinski definition) is 1. The number of carbonyl (C=O) groups is 1. The summed E-state index contributed by atoms with van der Waals surface area (Å²) >= 11 is 0. The Kier molecular flexibility index (Phi) is 2.06. The Morgan fingerprint density at radius 3 is 1.78 bits per heavy atom. The van der Waals surface area contributed by atoms with Crippen LogP contribution in [0.2, 0.25) is 0 Å². The van der Waals surface area contributed by atoms with Crippen molar-refractivity contribution in [3.8, 4) is 0 Å². The number of carbonyl (C=O) groups excluding carboxylic acids is 1. The van der Waals surface area contributed by atoms with Crippen LogP contribution in [0.3, 0.4) is 0 Å². The van der Waals surface area contributed by atoms with E-state index in [-0.39, 0.29) is 0 Å². The molecule has 0 saturated heterocycles. The highest BCUT2D eigenvalue weighted by Gasteiger charge is 2.40. The molecule has 0 rings (SSSR count). The zero-order valence-corrected chi connectivity index (χ0v) is 4.62. The smallest absolute Gasteiger partial charge is 0.369 e.